The third-order valence-electron chi connectivity index (χ3n) is 5.81. The molecular weight excluding hydrogens is 412 g/mol. The van der Waals surface area contributed by atoms with Crippen molar-refractivity contribution in [3.63, 3.8) is 0 Å². The molecule has 0 saturated carbocycles. The van der Waals surface area contributed by atoms with Gasteiger partial charge in [0, 0.05) is 23.5 Å². The first-order valence-electron chi connectivity index (χ1n) is 11.2. The van der Waals surface area contributed by atoms with Gasteiger partial charge in [-0.3, -0.25) is 0 Å². The fraction of sp³-hybridized carbons (Fsp3) is 0.308. The van der Waals surface area contributed by atoms with E-state index in [4.69, 9.17) is 14.7 Å². The van der Waals surface area contributed by atoms with Crippen molar-refractivity contribution in [1.82, 2.24) is 9.97 Å². The lowest BCUT2D eigenvalue weighted by atomic mass is 10.1. The normalized spacial score (nSPS) is 14.2. The van der Waals surface area contributed by atoms with Gasteiger partial charge in [-0.2, -0.15) is 0 Å². The van der Waals surface area contributed by atoms with Crippen LogP contribution in [-0.2, 0) is 0 Å². The Kier molecular flexibility index (Phi) is 6.51. The quantitative estimate of drug-likeness (QED) is 0.545. The summed E-state index contributed by atoms with van der Waals surface area (Å²) in [4.78, 5) is 18.3. The zero-order chi connectivity index (χ0) is 23.4. The number of amidine groups is 2. The number of hydrogen-bond acceptors (Lipinski definition) is 5. The summed E-state index contributed by atoms with van der Waals surface area (Å²) in [6, 6.07) is 13.9. The van der Waals surface area contributed by atoms with Gasteiger partial charge in [0.1, 0.15) is 30.6 Å². The molecule has 1 aromatic carbocycles. The molecule has 1 N–H and O–H groups in total. The highest BCUT2D eigenvalue weighted by Gasteiger charge is 2.24. The van der Waals surface area contributed by atoms with Crippen LogP contribution in [0.5, 0.6) is 5.75 Å². The first-order chi connectivity index (χ1) is 15.8. The molecule has 1 aliphatic rings. The Morgan fingerprint density at radius 3 is 2.42 bits per heavy atom. The number of quaternary nitrogens is 1. The van der Waals surface area contributed by atoms with E-state index in [9.17, 15) is 0 Å². The van der Waals surface area contributed by atoms with Crippen LogP contribution in [0.15, 0.2) is 64.8 Å². The van der Waals surface area contributed by atoms with E-state index in [0.29, 0.717) is 24.1 Å². The molecule has 0 radical (unpaired) electrons. The third-order valence-corrected chi connectivity index (χ3v) is 5.81. The smallest absolute Gasteiger partial charge is 0.164 e. The molecule has 7 nitrogen and oxygen atoms in total. The average molecular weight is 444 g/mol. The molecule has 0 spiro atoms. The van der Waals surface area contributed by atoms with Crippen molar-refractivity contribution in [2.24, 2.45) is 9.98 Å². The fourth-order valence-electron chi connectivity index (χ4n) is 3.40. The number of nitrogens with zero attached hydrogens (tertiary/aromatic N) is 5. The van der Waals surface area contributed by atoms with Gasteiger partial charge < -0.3 is 14.5 Å². The Bertz CT molecular complexity index is 1210. The molecule has 2 aromatic heterocycles. The molecule has 3 heterocycles. The zero-order valence-corrected chi connectivity index (χ0v) is 20.0. The summed E-state index contributed by atoms with van der Waals surface area (Å²) in [5.41, 5.74) is 4.10. The SMILES string of the molecule is CC[N+](C)(C)CCOc1ccc2c(c1)C(=Nc1cc(C)ccn1)N=C2Nc1cc(C)ccn1. The number of nitrogens with one attached hydrogen (secondary N) is 1. The first kappa shape index (κ1) is 22.6. The van der Waals surface area contributed by atoms with Gasteiger partial charge in [-0.1, -0.05) is 0 Å². The maximum absolute atomic E-state index is 6.09. The molecule has 33 heavy (non-hydrogen) atoms. The minimum Gasteiger partial charge on any atom is -0.488 e. The molecular formula is C26H31N6O+. The highest BCUT2D eigenvalue weighted by atomic mass is 16.5. The number of fused-ring (bicyclic) bond motifs is 1. The topological polar surface area (TPSA) is 71.8 Å². The second-order valence-electron chi connectivity index (χ2n) is 8.96. The maximum Gasteiger partial charge on any atom is 0.164 e. The van der Waals surface area contributed by atoms with Crippen LogP contribution in [0.4, 0.5) is 11.6 Å². The second kappa shape index (κ2) is 9.50. The number of aryl methyl sites for hydroxylation is 2. The summed E-state index contributed by atoms with van der Waals surface area (Å²) in [7, 11) is 4.41. The van der Waals surface area contributed by atoms with Crippen molar-refractivity contribution in [3.05, 3.63) is 77.1 Å². The van der Waals surface area contributed by atoms with Gasteiger partial charge in [0.05, 0.1) is 20.6 Å². The van der Waals surface area contributed by atoms with Gasteiger partial charge >= 0.3 is 0 Å². The average Bonchev–Trinajstić information content (AvgIpc) is 3.10. The van der Waals surface area contributed by atoms with Crippen LogP contribution in [0, 0.1) is 13.8 Å². The van der Waals surface area contributed by atoms with Gasteiger partial charge in [0.25, 0.3) is 0 Å². The van der Waals surface area contributed by atoms with Crippen LogP contribution < -0.4 is 10.1 Å². The Labute approximate surface area is 195 Å². The maximum atomic E-state index is 6.09. The summed E-state index contributed by atoms with van der Waals surface area (Å²) < 4.78 is 7.00. The highest BCUT2D eigenvalue weighted by molar-refractivity contribution is 6.26. The molecule has 0 fully saturated rings. The Hall–Kier alpha value is -3.58. The van der Waals surface area contributed by atoms with Gasteiger partial charge in [-0.05, 0) is 74.4 Å². The number of anilines is 1. The number of likely N-dealkylation sites (N-methyl/N-ethyl adjacent to an activating group) is 1. The number of ether oxygens (including phenoxy) is 1. The van der Waals surface area contributed by atoms with E-state index in [0.717, 1.165) is 51.4 Å². The molecule has 0 unspecified atom stereocenters. The third kappa shape index (κ3) is 5.62. The predicted molar refractivity (Wildman–Crippen MR) is 134 cm³/mol. The molecule has 0 saturated heterocycles. The van der Waals surface area contributed by atoms with Crippen LogP contribution in [0.1, 0.15) is 29.2 Å². The van der Waals surface area contributed by atoms with Crippen LogP contribution in [0.3, 0.4) is 0 Å². The van der Waals surface area contributed by atoms with Gasteiger partial charge in [-0.25, -0.2) is 20.0 Å². The molecule has 170 valence electrons. The number of aliphatic imine (C=N–C) groups is 2. The van der Waals surface area contributed by atoms with Gasteiger partial charge in [0.2, 0.25) is 0 Å². The van der Waals surface area contributed by atoms with E-state index in [1.807, 2.05) is 56.3 Å². The van der Waals surface area contributed by atoms with E-state index >= 15 is 0 Å². The Morgan fingerprint density at radius 2 is 1.70 bits per heavy atom. The number of aromatic nitrogens is 2. The lowest BCUT2D eigenvalue weighted by Crippen LogP contribution is -2.42. The van der Waals surface area contributed by atoms with E-state index in [-0.39, 0.29) is 0 Å². The number of benzene rings is 1. The van der Waals surface area contributed by atoms with Crippen LogP contribution in [0.2, 0.25) is 0 Å². The Balaban J connectivity index is 1.65. The zero-order valence-electron chi connectivity index (χ0n) is 20.0. The largest absolute Gasteiger partial charge is 0.488 e. The van der Waals surface area contributed by atoms with E-state index < -0.39 is 0 Å². The molecule has 7 heteroatoms. The highest BCUT2D eigenvalue weighted by Crippen LogP contribution is 2.27. The molecule has 0 amide bonds. The van der Waals surface area contributed by atoms with E-state index in [2.05, 4.69) is 36.3 Å². The fourth-order valence-corrected chi connectivity index (χ4v) is 3.40. The minimum atomic E-state index is 0.605. The van der Waals surface area contributed by atoms with Gasteiger partial charge in [0.15, 0.2) is 11.7 Å². The first-order valence-corrected chi connectivity index (χ1v) is 11.2. The standard InChI is InChI=1S/C26H31N6O/c1-6-32(4,5)13-14-33-20-7-8-21-22(17-20)26(30-24-16-19(3)10-12-28-24)31-25(21)29-23-15-18(2)9-11-27-23/h7-12,15-17H,6,13-14H2,1-5H3,(H,27,28,29,30,31)/q+1. The number of pyridine rings is 2. The van der Waals surface area contributed by atoms with Crippen molar-refractivity contribution in [2.45, 2.75) is 20.8 Å². The summed E-state index contributed by atoms with van der Waals surface area (Å²) >= 11 is 0. The molecule has 1 aliphatic heterocycles. The van der Waals surface area contributed by atoms with Crippen molar-refractivity contribution in [1.29, 1.82) is 0 Å². The lowest BCUT2D eigenvalue weighted by molar-refractivity contribution is -0.888. The van der Waals surface area contributed by atoms with Gasteiger partial charge in [-0.15, -0.1) is 0 Å². The minimum absolute atomic E-state index is 0.605. The molecule has 3 aromatic rings. The van der Waals surface area contributed by atoms with Crippen LogP contribution in [0.25, 0.3) is 0 Å². The van der Waals surface area contributed by atoms with Crippen molar-refractivity contribution in [3.8, 4) is 5.75 Å². The van der Waals surface area contributed by atoms with Crippen LogP contribution in [-0.4, -0.2) is 59.9 Å². The summed E-state index contributed by atoms with van der Waals surface area (Å²) in [5.74, 6) is 3.50. The second-order valence-corrected chi connectivity index (χ2v) is 8.96. The van der Waals surface area contributed by atoms with Crippen molar-refractivity contribution >= 4 is 23.3 Å². The lowest BCUT2D eigenvalue weighted by Gasteiger charge is -2.27. The molecule has 4 rings (SSSR count). The predicted octanol–water partition coefficient (Wildman–Crippen LogP) is 4.52. The summed E-state index contributed by atoms with van der Waals surface area (Å²) in [5, 5.41) is 3.35. The molecule has 0 bridgehead atoms. The number of rotatable bonds is 7. The van der Waals surface area contributed by atoms with Crippen molar-refractivity contribution < 1.29 is 9.22 Å². The monoisotopic (exact) mass is 443 g/mol. The summed E-state index contributed by atoms with van der Waals surface area (Å²) in [6.07, 6.45) is 3.55. The van der Waals surface area contributed by atoms with Crippen molar-refractivity contribution in [2.75, 3.05) is 39.1 Å². The number of hydrogen-bond donors (Lipinski definition) is 1. The molecule has 0 aliphatic carbocycles. The molecule has 0 atom stereocenters. The van der Waals surface area contributed by atoms with E-state index in [1.54, 1.807) is 12.4 Å². The Morgan fingerprint density at radius 1 is 0.939 bits per heavy atom. The summed E-state index contributed by atoms with van der Waals surface area (Å²) in [6.45, 7) is 8.89. The van der Waals surface area contributed by atoms with Crippen LogP contribution >= 0.6 is 0 Å². The van der Waals surface area contributed by atoms with E-state index in [1.165, 1.54) is 0 Å².